The largest absolute Gasteiger partial charge is 0.479 e. The standard InChI is InChI=1S/C10H12N2O3/c1-7(13)12-6-5-11-4-2-3-8(11)9(12)10(14)15/h2-4,9H,5-6H2,1H3,(H,14,15). The molecule has 0 saturated carbocycles. The normalized spacial score (nSPS) is 19.8. The molecule has 0 aromatic carbocycles. The highest BCUT2D eigenvalue weighted by Gasteiger charge is 2.34. The summed E-state index contributed by atoms with van der Waals surface area (Å²) in [5.74, 6) is -1.18. The highest BCUT2D eigenvalue weighted by molar-refractivity contribution is 5.83. The number of carboxylic acids is 1. The van der Waals surface area contributed by atoms with Crippen LogP contribution in [0.15, 0.2) is 18.3 Å². The summed E-state index contributed by atoms with van der Waals surface area (Å²) in [6, 6.07) is 2.70. The molecule has 1 aliphatic heterocycles. The number of carbonyl (C=O) groups excluding carboxylic acids is 1. The van der Waals surface area contributed by atoms with Gasteiger partial charge in [-0.2, -0.15) is 0 Å². The van der Waals surface area contributed by atoms with Gasteiger partial charge < -0.3 is 14.6 Å². The lowest BCUT2D eigenvalue weighted by molar-refractivity contribution is -0.151. The van der Waals surface area contributed by atoms with Gasteiger partial charge >= 0.3 is 5.97 Å². The van der Waals surface area contributed by atoms with Gasteiger partial charge in [-0.05, 0) is 12.1 Å². The molecule has 5 nitrogen and oxygen atoms in total. The van der Waals surface area contributed by atoms with Gasteiger partial charge in [0, 0.05) is 26.2 Å². The number of hydrogen-bond acceptors (Lipinski definition) is 2. The Morgan fingerprint density at radius 1 is 1.47 bits per heavy atom. The van der Waals surface area contributed by atoms with Gasteiger partial charge in [0.1, 0.15) is 0 Å². The summed E-state index contributed by atoms with van der Waals surface area (Å²) < 4.78 is 1.87. The molecule has 5 heteroatoms. The fourth-order valence-electron chi connectivity index (χ4n) is 1.98. The molecular formula is C10H12N2O3. The zero-order valence-electron chi connectivity index (χ0n) is 8.38. The second-order valence-electron chi connectivity index (χ2n) is 3.58. The Bertz CT molecular complexity index is 411. The van der Waals surface area contributed by atoms with E-state index in [0.29, 0.717) is 18.8 Å². The van der Waals surface area contributed by atoms with Crippen LogP contribution in [0.5, 0.6) is 0 Å². The maximum atomic E-state index is 11.3. The highest BCUT2D eigenvalue weighted by atomic mass is 16.4. The van der Waals surface area contributed by atoms with Crippen molar-refractivity contribution < 1.29 is 14.7 Å². The van der Waals surface area contributed by atoms with Crippen molar-refractivity contribution in [2.24, 2.45) is 0 Å². The molecule has 1 atom stereocenters. The zero-order chi connectivity index (χ0) is 11.0. The maximum absolute atomic E-state index is 11.3. The highest BCUT2D eigenvalue weighted by Crippen LogP contribution is 2.25. The molecule has 0 saturated heterocycles. The number of hydrogen-bond donors (Lipinski definition) is 1. The summed E-state index contributed by atoms with van der Waals surface area (Å²) in [5.41, 5.74) is 0.670. The molecule has 1 N–H and O–H groups in total. The van der Waals surface area contributed by atoms with Crippen molar-refractivity contribution in [1.29, 1.82) is 0 Å². The molecular weight excluding hydrogens is 196 g/mol. The fraction of sp³-hybridized carbons (Fsp3) is 0.400. The molecule has 0 bridgehead atoms. The van der Waals surface area contributed by atoms with Crippen LogP contribution in [0.4, 0.5) is 0 Å². The number of aliphatic carboxylic acids is 1. The third-order valence-corrected chi connectivity index (χ3v) is 2.68. The lowest BCUT2D eigenvalue weighted by Crippen LogP contribution is -2.44. The second kappa shape index (κ2) is 3.42. The quantitative estimate of drug-likeness (QED) is 0.730. The van der Waals surface area contributed by atoms with Crippen molar-refractivity contribution in [1.82, 2.24) is 9.47 Å². The summed E-state index contributed by atoms with van der Waals surface area (Å²) in [5, 5.41) is 9.12. The molecule has 2 rings (SSSR count). The van der Waals surface area contributed by atoms with Crippen molar-refractivity contribution >= 4 is 11.9 Å². The first-order chi connectivity index (χ1) is 7.11. The van der Waals surface area contributed by atoms with Crippen LogP contribution in [-0.2, 0) is 16.1 Å². The smallest absolute Gasteiger partial charge is 0.332 e. The van der Waals surface area contributed by atoms with Gasteiger partial charge in [0.2, 0.25) is 5.91 Å². The van der Waals surface area contributed by atoms with Crippen molar-refractivity contribution in [3.63, 3.8) is 0 Å². The van der Waals surface area contributed by atoms with Gasteiger partial charge in [0.05, 0.1) is 5.69 Å². The molecule has 1 aliphatic rings. The molecule has 1 aromatic heterocycles. The molecule has 0 spiro atoms. The fourth-order valence-corrected chi connectivity index (χ4v) is 1.98. The molecule has 0 aliphatic carbocycles. The van der Waals surface area contributed by atoms with Crippen LogP contribution >= 0.6 is 0 Å². The topological polar surface area (TPSA) is 62.5 Å². The first kappa shape index (κ1) is 9.76. The van der Waals surface area contributed by atoms with Gasteiger partial charge in [0.25, 0.3) is 0 Å². The van der Waals surface area contributed by atoms with Gasteiger partial charge in [-0.15, -0.1) is 0 Å². The predicted molar refractivity (Wildman–Crippen MR) is 52.2 cm³/mol. The summed E-state index contributed by atoms with van der Waals surface area (Å²) in [6.45, 7) is 2.51. The van der Waals surface area contributed by atoms with Crippen LogP contribution in [-0.4, -0.2) is 33.0 Å². The van der Waals surface area contributed by atoms with Crippen LogP contribution in [0.2, 0.25) is 0 Å². The number of amides is 1. The number of rotatable bonds is 1. The maximum Gasteiger partial charge on any atom is 0.332 e. The van der Waals surface area contributed by atoms with E-state index in [0.717, 1.165) is 0 Å². The van der Waals surface area contributed by atoms with E-state index in [4.69, 9.17) is 5.11 Å². The van der Waals surface area contributed by atoms with Crippen LogP contribution in [0.3, 0.4) is 0 Å². The van der Waals surface area contributed by atoms with E-state index in [-0.39, 0.29) is 5.91 Å². The lowest BCUT2D eigenvalue weighted by atomic mass is 10.1. The van der Waals surface area contributed by atoms with Crippen LogP contribution in [0.1, 0.15) is 18.7 Å². The van der Waals surface area contributed by atoms with Gasteiger partial charge in [-0.1, -0.05) is 0 Å². The van der Waals surface area contributed by atoms with Gasteiger partial charge in [0.15, 0.2) is 6.04 Å². The predicted octanol–water partition coefficient (Wildman–Crippen LogP) is 0.476. The Morgan fingerprint density at radius 2 is 2.20 bits per heavy atom. The summed E-state index contributed by atoms with van der Waals surface area (Å²) in [4.78, 5) is 23.8. The van der Waals surface area contributed by atoms with E-state index in [1.54, 1.807) is 12.1 Å². The van der Waals surface area contributed by atoms with Crippen LogP contribution < -0.4 is 0 Å². The number of nitrogens with zero attached hydrogens (tertiary/aromatic N) is 2. The van der Waals surface area contributed by atoms with E-state index in [1.807, 2.05) is 10.8 Å². The monoisotopic (exact) mass is 208 g/mol. The van der Waals surface area contributed by atoms with Crippen molar-refractivity contribution in [2.45, 2.75) is 19.5 Å². The molecule has 2 heterocycles. The minimum absolute atomic E-state index is 0.199. The molecule has 1 unspecified atom stereocenters. The SMILES string of the molecule is CC(=O)N1CCn2cccc2C1C(=O)O. The summed E-state index contributed by atoms with van der Waals surface area (Å²) in [6.07, 6.45) is 1.84. The van der Waals surface area contributed by atoms with E-state index >= 15 is 0 Å². The van der Waals surface area contributed by atoms with E-state index in [2.05, 4.69) is 0 Å². The van der Waals surface area contributed by atoms with Crippen LogP contribution in [0.25, 0.3) is 0 Å². The average Bonchev–Trinajstić information content (AvgIpc) is 2.62. The number of carbonyl (C=O) groups is 2. The number of aromatic nitrogens is 1. The summed E-state index contributed by atoms with van der Waals surface area (Å²) >= 11 is 0. The molecule has 1 amide bonds. The van der Waals surface area contributed by atoms with Crippen LogP contribution in [0, 0.1) is 0 Å². The van der Waals surface area contributed by atoms with Crippen molar-refractivity contribution in [3.05, 3.63) is 24.0 Å². The third-order valence-electron chi connectivity index (χ3n) is 2.68. The number of fused-ring (bicyclic) bond motifs is 1. The van der Waals surface area contributed by atoms with E-state index < -0.39 is 12.0 Å². The third kappa shape index (κ3) is 1.49. The molecule has 1 aromatic rings. The van der Waals surface area contributed by atoms with E-state index in [9.17, 15) is 9.59 Å². The zero-order valence-corrected chi connectivity index (χ0v) is 8.38. The minimum Gasteiger partial charge on any atom is -0.479 e. The number of carboxylic acid groups (broad SMARTS) is 1. The molecule has 0 fully saturated rings. The Labute approximate surface area is 86.9 Å². The average molecular weight is 208 g/mol. The van der Waals surface area contributed by atoms with Crippen molar-refractivity contribution in [3.8, 4) is 0 Å². The summed E-state index contributed by atoms with van der Waals surface area (Å²) in [7, 11) is 0. The Kier molecular flexibility index (Phi) is 2.22. The first-order valence-corrected chi connectivity index (χ1v) is 4.76. The Hall–Kier alpha value is -1.78. The molecule has 0 radical (unpaired) electrons. The van der Waals surface area contributed by atoms with Gasteiger partial charge in [-0.3, -0.25) is 4.79 Å². The first-order valence-electron chi connectivity index (χ1n) is 4.76. The molecule has 80 valence electrons. The Morgan fingerprint density at radius 3 is 2.80 bits per heavy atom. The van der Waals surface area contributed by atoms with Crippen molar-refractivity contribution in [2.75, 3.05) is 6.54 Å². The van der Waals surface area contributed by atoms with E-state index in [1.165, 1.54) is 11.8 Å². The van der Waals surface area contributed by atoms with Gasteiger partial charge in [-0.25, -0.2) is 4.79 Å². The Balaban J connectivity index is 2.43. The lowest BCUT2D eigenvalue weighted by Gasteiger charge is -2.33. The molecule has 15 heavy (non-hydrogen) atoms. The minimum atomic E-state index is -0.982. The second-order valence-corrected chi connectivity index (χ2v) is 3.58.